The van der Waals surface area contributed by atoms with Crippen molar-refractivity contribution in [2.24, 2.45) is 0 Å². The van der Waals surface area contributed by atoms with E-state index in [1.165, 1.54) is 19.2 Å². The molecule has 2 amide bonds. The maximum Gasteiger partial charge on any atom is 0.339 e. The number of hydrogen-bond donors (Lipinski definition) is 1. The summed E-state index contributed by atoms with van der Waals surface area (Å²) < 4.78 is 4.69. The molecule has 0 bridgehead atoms. The molecule has 0 radical (unpaired) electrons. The standard InChI is InChI=1S/C20H19ClN2O4/c1-27-20(26)15-12-14(9-10-16(15)21)22-18(24)17-8-5-11-23(17)19(25)13-6-3-2-4-7-13/h2-4,6-7,9-10,12,17H,5,8,11H2,1H3,(H,22,24)/t17-/m1/s1. The van der Waals surface area contributed by atoms with Gasteiger partial charge in [0.25, 0.3) is 5.91 Å². The summed E-state index contributed by atoms with van der Waals surface area (Å²) in [4.78, 5) is 38.8. The molecular formula is C20H19ClN2O4. The summed E-state index contributed by atoms with van der Waals surface area (Å²) in [5, 5.41) is 3.01. The van der Waals surface area contributed by atoms with Gasteiger partial charge in [-0.2, -0.15) is 0 Å². The van der Waals surface area contributed by atoms with Gasteiger partial charge in [0.15, 0.2) is 0 Å². The van der Waals surface area contributed by atoms with Crippen LogP contribution in [0.1, 0.15) is 33.6 Å². The van der Waals surface area contributed by atoms with Gasteiger partial charge in [0.05, 0.1) is 17.7 Å². The Morgan fingerprint density at radius 2 is 1.89 bits per heavy atom. The largest absolute Gasteiger partial charge is 0.465 e. The highest BCUT2D eigenvalue weighted by Gasteiger charge is 2.34. The van der Waals surface area contributed by atoms with Gasteiger partial charge in [-0.25, -0.2) is 4.79 Å². The van der Waals surface area contributed by atoms with Crippen molar-refractivity contribution in [1.29, 1.82) is 0 Å². The number of rotatable bonds is 4. The Kier molecular flexibility index (Phi) is 5.76. The van der Waals surface area contributed by atoms with Crippen LogP contribution in [-0.4, -0.2) is 42.4 Å². The van der Waals surface area contributed by atoms with Crippen LogP contribution in [0.3, 0.4) is 0 Å². The second kappa shape index (κ2) is 8.22. The molecule has 1 heterocycles. The number of amides is 2. The van der Waals surface area contributed by atoms with E-state index in [1.54, 1.807) is 35.2 Å². The number of carbonyl (C=O) groups is 3. The van der Waals surface area contributed by atoms with Gasteiger partial charge in [0, 0.05) is 17.8 Å². The van der Waals surface area contributed by atoms with Crippen molar-refractivity contribution < 1.29 is 19.1 Å². The topological polar surface area (TPSA) is 75.7 Å². The molecule has 1 N–H and O–H groups in total. The lowest BCUT2D eigenvalue weighted by Gasteiger charge is -2.24. The zero-order chi connectivity index (χ0) is 19.4. The third-order valence-corrected chi connectivity index (χ3v) is 4.81. The van der Waals surface area contributed by atoms with E-state index >= 15 is 0 Å². The quantitative estimate of drug-likeness (QED) is 0.817. The van der Waals surface area contributed by atoms with Gasteiger partial charge >= 0.3 is 5.97 Å². The molecule has 2 aromatic carbocycles. The number of esters is 1. The normalized spacial score (nSPS) is 16.1. The highest BCUT2D eigenvalue weighted by molar-refractivity contribution is 6.33. The monoisotopic (exact) mass is 386 g/mol. The maximum atomic E-state index is 12.7. The first-order chi connectivity index (χ1) is 13.0. The third kappa shape index (κ3) is 4.11. The molecule has 0 saturated carbocycles. The summed E-state index contributed by atoms with van der Waals surface area (Å²) in [6.45, 7) is 0.528. The zero-order valence-electron chi connectivity index (χ0n) is 14.8. The van der Waals surface area contributed by atoms with Crippen molar-refractivity contribution in [3.8, 4) is 0 Å². The van der Waals surface area contributed by atoms with E-state index in [0.717, 1.165) is 6.42 Å². The fourth-order valence-corrected chi connectivity index (χ4v) is 3.32. The minimum absolute atomic E-state index is 0.167. The third-order valence-electron chi connectivity index (χ3n) is 4.48. The van der Waals surface area contributed by atoms with Crippen LogP contribution in [0.2, 0.25) is 5.02 Å². The minimum Gasteiger partial charge on any atom is -0.465 e. The Labute approximate surface area is 162 Å². The van der Waals surface area contributed by atoms with Crippen molar-refractivity contribution in [1.82, 2.24) is 4.90 Å². The first-order valence-electron chi connectivity index (χ1n) is 8.56. The first kappa shape index (κ1) is 18.9. The van der Waals surface area contributed by atoms with Crippen molar-refractivity contribution in [2.45, 2.75) is 18.9 Å². The molecule has 1 atom stereocenters. The van der Waals surface area contributed by atoms with E-state index in [9.17, 15) is 14.4 Å². The molecule has 0 aromatic heterocycles. The van der Waals surface area contributed by atoms with Crippen LogP contribution in [0, 0.1) is 0 Å². The lowest BCUT2D eigenvalue weighted by atomic mass is 10.1. The van der Waals surface area contributed by atoms with E-state index in [-0.39, 0.29) is 22.4 Å². The maximum absolute atomic E-state index is 12.7. The smallest absolute Gasteiger partial charge is 0.339 e. The summed E-state index contributed by atoms with van der Waals surface area (Å²) in [6.07, 6.45) is 1.34. The molecule has 1 fully saturated rings. The number of hydrogen-bond acceptors (Lipinski definition) is 4. The Morgan fingerprint density at radius 3 is 2.59 bits per heavy atom. The fraction of sp³-hybridized carbons (Fsp3) is 0.250. The van der Waals surface area contributed by atoms with Crippen molar-refractivity contribution in [2.75, 3.05) is 19.0 Å². The Hall–Kier alpha value is -2.86. The molecule has 0 spiro atoms. The molecule has 0 aliphatic carbocycles. The molecular weight excluding hydrogens is 368 g/mol. The number of anilines is 1. The van der Waals surface area contributed by atoms with Crippen LogP contribution in [0.15, 0.2) is 48.5 Å². The molecule has 140 valence electrons. The van der Waals surface area contributed by atoms with Gasteiger partial charge < -0.3 is 15.0 Å². The van der Waals surface area contributed by atoms with Gasteiger partial charge in [0.2, 0.25) is 5.91 Å². The Balaban J connectivity index is 1.76. The molecule has 1 aliphatic rings. The average molecular weight is 387 g/mol. The van der Waals surface area contributed by atoms with E-state index in [4.69, 9.17) is 11.6 Å². The number of nitrogens with zero attached hydrogens (tertiary/aromatic N) is 1. The molecule has 6 nitrogen and oxygen atoms in total. The number of nitrogens with one attached hydrogen (secondary N) is 1. The molecule has 2 aromatic rings. The highest BCUT2D eigenvalue weighted by atomic mass is 35.5. The molecule has 7 heteroatoms. The van der Waals surface area contributed by atoms with E-state index in [0.29, 0.717) is 24.2 Å². The molecule has 3 rings (SSSR count). The zero-order valence-corrected chi connectivity index (χ0v) is 15.5. The van der Waals surface area contributed by atoms with Crippen LogP contribution >= 0.6 is 11.6 Å². The number of benzene rings is 2. The average Bonchev–Trinajstić information content (AvgIpc) is 3.19. The number of ether oxygens (including phenoxy) is 1. The van der Waals surface area contributed by atoms with Gasteiger partial charge in [-0.15, -0.1) is 0 Å². The SMILES string of the molecule is COC(=O)c1cc(NC(=O)[C@H]2CCCN2C(=O)c2ccccc2)ccc1Cl. The fourth-order valence-electron chi connectivity index (χ4n) is 3.12. The Morgan fingerprint density at radius 1 is 1.15 bits per heavy atom. The van der Waals surface area contributed by atoms with Crippen molar-refractivity contribution in [3.63, 3.8) is 0 Å². The predicted molar refractivity (Wildman–Crippen MR) is 102 cm³/mol. The first-order valence-corrected chi connectivity index (χ1v) is 8.94. The second-order valence-electron chi connectivity index (χ2n) is 6.20. The van der Waals surface area contributed by atoms with Gasteiger partial charge in [-0.3, -0.25) is 9.59 Å². The van der Waals surface area contributed by atoms with E-state index in [1.807, 2.05) is 6.07 Å². The molecule has 27 heavy (non-hydrogen) atoms. The lowest BCUT2D eigenvalue weighted by molar-refractivity contribution is -0.119. The number of methoxy groups -OCH3 is 1. The van der Waals surface area contributed by atoms with Crippen LogP contribution in [0.5, 0.6) is 0 Å². The second-order valence-corrected chi connectivity index (χ2v) is 6.61. The van der Waals surface area contributed by atoms with E-state index in [2.05, 4.69) is 10.1 Å². The lowest BCUT2D eigenvalue weighted by Crippen LogP contribution is -2.43. The van der Waals surface area contributed by atoms with Crippen LogP contribution in [0.25, 0.3) is 0 Å². The highest BCUT2D eigenvalue weighted by Crippen LogP contribution is 2.24. The summed E-state index contributed by atoms with van der Waals surface area (Å²) in [5.74, 6) is -1.05. The van der Waals surface area contributed by atoms with Gasteiger partial charge in [-0.1, -0.05) is 29.8 Å². The van der Waals surface area contributed by atoms with Crippen molar-refractivity contribution >= 4 is 35.1 Å². The summed E-state index contributed by atoms with van der Waals surface area (Å²) >= 11 is 6.00. The summed E-state index contributed by atoms with van der Waals surface area (Å²) in [6, 6.07) is 12.9. The Bertz CT molecular complexity index is 870. The van der Waals surface area contributed by atoms with E-state index < -0.39 is 12.0 Å². The number of carbonyl (C=O) groups excluding carboxylic acids is 3. The predicted octanol–water partition coefficient (Wildman–Crippen LogP) is 3.37. The molecule has 0 unspecified atom stereocenters. The summed E-state index contributed by atoms with van der Waals surface area (Å²) in [5.41, 5.74) is 1.14. The number of likely N-dealkylation sites (tertiary alicyclic amines) is 1. The van der Waals surface area contributed by atoms with Crippen LogP contribution in [-0.2, 0) is 9.53 Å². The van der Waals surface area contributed by atoms with Crippen molar-refractivity contribution in [3.05, 3.63) is 64.7 Å². The van der Waals surface area contributed by atoms with Gasteiger partial charge in [-0.05, 0) is 43.2 Å². The molecule has 1 aliphatic heterocycles. The summed E-state index contributed by atoms with van der Waals surface area (Å²) in [7, 11) is 1.26. The van der Waals surface area contributed by atoms with Gasteiger partial charge in [0.1, 0.15) is 6.04 Å². The van der Waals surface area contributed by atoms with Crippen LogP contribution < -0.4 is 5.32 Å². The number of halogens is 1. The molecule has 1 saturated heterocycles. The minimum atomic E-state index is -0.585. The van der Waals surface area contributed by atoms with Crippen LogP contribution in [0.4, 0.5) is 5.69 Å².